The first-order valence-corrected chi connectivity index (χ1v) is 6.14. The van der Waals surface area contributed by atoms with Crippen molar-refractivity contribution in [1.82, 2.24) is 0 Å². The number of methoxy groups -OCH3 is 1. The first kappa shape index (κ1) is 14.5. The van der Waals surface area contributed by atoms with Crippen molar-refractivity contribution in [2.24, 2.45) is 10.2 Å². The van der Waals surface area contributed by atoms with E-state index in [1.54, 1.807) is 31.2 Å². The van der Waals surface area contributed by atoms with Gasteiger partial charge >= 0.3 is 5.97 Å². The van der Waals surface area contributed by atoms with Crippen LogP contribution >= 0.6 is 0 Å². The summed E-state index contributed by atoms with van der Waals surface area (Å²) in [5.41, 5.74) is 1.09. The number of azo groups is 1. The lowest BCUT2D eigenvalue weighted by molar-refractivity contribution is 0.0693. The molecule has 2 rings (SSSR count). The molecule has 0 aromatic heterocycles. The van der Waals surface area contributed by atoms with Crippen molar-refractivity contribution in [3.05, 3.63) is 47.5 Å². The van der Waals surface area contributed by atoms with Gasteiger partial charge in [-0.05, 0) is 36.8 Å². The predicted molar refractivity (Wildman–Crippen MR) is 77.0 cm³/mol. The van der Waals surface area contributed by atoms with Crippen LogP contribution in [0.3, 0.4) is 0 Å². The number of carboxylic acid groups (broad SMARTS) is 1. The number of para-hydroxylation sites is 1. The topological polar surface area (TPSA) is 91.5 Å². The molecule has 0 radical (unpaired) electrons. The van der Waals surface area contributed by atoms with Crippen molar-refractivity contribution in [1.29, 1.82) is 0 Å². The van der Waals surface area contributed by atoms with E-state index in [1.807, 2.05) is 6.07 Å². The largest absolute Gasteiger partial charge is 0.507 e. The van der Waals surface area contributed by atoms with Gasteiger partial charge in [0.05, 0.1) is 12.8 Å². The maximum Gasteiger partial charge on any atom is 0.339 e. The zero-order chi connectivity index (χ0) is 15.4. The van der Waals surface area contributed by atoms with E-state index in [-0.39, 0.29) is 11.3 Å². The molecular weight excluding hydrogens is 272 g/mol. The maximum absolute atomic E-state index is 11.0. The van der Waals surface area contributed by atoms with Crippen LogP contribution in [0.1, 0.15) is 15.9 Å². The van der Waals surface area contributed by atoms with Crippen LogP contribution in [0.5, 0.6) is 11.5 Å². The minimum absolute atomic E-state index is 0.205. The highest BCUT2D eigenvalue weighted by molar-refractivity contribution is 5.92. The monoisotopic (exact) mass is 286 g/mol. The number of carboxylic acids is 1. The second-order valence-corrected chi connectivity index (χ2v) is 4.34. The number of rotatable bonds is 4. The Hall–Kier alpha value is -2.89. The summed E-state index contributed by atoms with van der Waals surface area (Å²) in [6, 6.07) is 9.91. The SMILES string of the molecule is COc1ccccc1N=Nc1cc(C)c(O)c(C(=O)O)c1. The van der Waals surface area contributed by atoms with E-state index in [0.717, 1.165) is 0 Å². The van der Waals surface area contributed by atoms with E-state index < -0.39 is 5.97 Å². The Morgan fingerprint density at radius 2 is 1.90 bits per heavy atom. The Morgan fingerprint density at radius 3 is 2.57 bits per heavy atom. The van der Waals surface area contributed by atoms with Gasteiger partial charge in [-0.25, -0.2) is 4.79 Å². The average molecular weight is 286 g/mol. The second kappa shape index (κ2) is 6.04. The maximum atomic E-state index is 11.0. The summed E-state index contributed by atoms with van der Waals surface area (Å²) in [5.74, 6) is -0.918. The van der Waals surface area contributed by atoms with Gasteiger partial charge in [0.1, 0.15) is 22.7 Å². The van der Waals surface area contributed by atoms with Crippen LogP contribution in [0.25, 0.3) is 0 Å². The number of phenols is 1. The lowest BCUT2D eigenvalue weighted by Crippen LogP contribution is -1.97. The number of hydrogen-bond donors (Lipinski definition) is 2. The number of ether oxygens (including phenoxy) is 1. The van der Waals surface area contributed by atoms with Gasteiger partial charge < -0.3 is 14.9 Å². The molecule has 0 saturated heterocycles. The lowest BCUT2D eigenvalue weighted by atomic mass is 10.1. The summed E-state index contributed by atoms with van der Waals surface area (Å²) in [4.78, 5) is 11.0. The fraction of sp³-hybridized carbons (Fsp3) is 0.133. The molecule has 0 unspecified atom stereocenters. The van der Waals surface area contributed by atoms with E-state index >= 15 is 0 Å². The molecular formula is C15H14N2O4. The zero-order valence-corrected chi connectivity index (χ0v) is 11.6. The third kappa shape index (κ3) is 3.17. The van der Waals surface area contributed by atoms with Crippen LogP contribution in [0.15, 0.2) is 46.6 Å². The molecule has 6 nitrogen and oxygen atoms in total. The molecule has 0 amide bonds. The van der Waals surface area contributed by atoms with Gasteiger partial charge in [0.2, 0.25) is 0 Å². The van der Waals surface area contributed by atoms with Gasteiger partial charge in [0.15, 0.2) is 0 Å². The number of hydrogen-bond acceptors (Lipinski definition) is 5. The molecule has 0 bridgehead atoms. The van der Waals surface area contributed by atoms with E-state index in [9.17, 15) is 9.90 Å². The van der Waals surface area contributed by atoms with Crippen molar-refractivity contribution in [2.75, 3.05) is 7.11 Å². The first-order valence-electron chi connectivity index (χ1n) is 6.14. The smallest absolute Gasteiger partial charge is 0.339 e. The van der Waals surface area contributed by atoms with Crippen molar-refractivity contribution >= 4 is 17.3 Å². The van der Waals surface area contributed by atoms with Gasteiger partial charge in [-0.2, -0.15) is 5.11 Å². The number of nitrogens with zero attached hydrogens (tertiary/aromatic N) is 2. The van der Waals surface area contributed by atoms with Crippen LogP contribution in [0.4, 0.5) is 11.4 Å². The number of aromatic carboxylic acids is 1. The van der Waals surface area contributed by atoms with Crippen molar-refractivity contribution < 1.29 is 19.7 Å². The molecule has 0 saturated carbocycles. The highest BCUT2D eigenvalue weighted by Crippen LogP contribution is 2.31. The van der Waals surface area contributed by atoms with Crippen molar-refractivity contribution in [3.63, 3.8) is 0 Å². The summed E-state index contributed by atoms with van der Waals surface area (Å²) in [6.07, 6.45) is 0. The molecule has 108 valence electrons. The Labute approximate surface area is 121 Å². The van der Waals surface area contributed by atoms with Crippen LogP contribution < -0.4 is 4.74 Å². The van der Waals surface area contributed by atoms with Gasteiger partial charge in [0.25, 0.3) is 0 Å². The van der Waals surface area contributed by atoms with E-state index in [4.69, 9.17) is 9.84 Å². The fourth-order valence-electron chi connectivity index (χ4n) is 1.81. The first-order chi connectivity index (χ1) is 10.0. The third-order valence-electron chi connectivity index (χ3n) is 2.87. The molecule has 0 atom stereocenters. The zero-order valence-electron chi connectivity index (χ0n) is 11.6. The molecule has 0 aliphatic heterocycles. The summed E-state index contributed by atoms with van der Waals surface area (Å²) in [6.45, 7) is 1.60. The molecule has 2 N–H and O–H groups in total. The standard InChI is InChI=1S/C15H14N2O4/c1-9-7-10(8-11(14(9)18)15(19)20)16-17-12-5-3-4-6-13(12)21-2/h3-8,18H,1-2H3,(H,19,20). The van der Waals surface area contributed by atoms with Crippen LogP contribution in [0, 0.1) is 6.92 Å². The molecule has 2 aromatic carbocycles. The third-order valence-corrected chi connectivity index (χ3v) is 2.87. The molecule has 6 heteroatoms. The quantitative estimate of drug-likeness (QED) is 0.836. The molecule has 0 aliphatic carbocycles. The number of aryl methyl sites for hydroxylation is 1. The number of aromatic hydroxyl groups is 1. The molecule has 2 aromatic rings. The molecule has 0 aliphatic rings. The highest BCUT2D eigenvalue weighted by Gasteiger charge is 2.13. The van der Waals surface area contributed by atoms with Gasteiger partial charge in [-0.15, -0.1) is 5.11 Å². The fourth-order valence-corrected chi connectivity index (χ4v) is 1.81. The average Bonchev–Trinajstić information content (AvgIpc) is 2.48. The number of carbonyl (C=O) groups is 1. The minimum atomic E-state index is -1.22. The van der Waals surface area contributed by atoms with Crippen LogP contribution in [0.2, 0.25) is 0 Å². The van der Waals surface area contributed by atoms with Crippen LogP contribution in [-0.4, -0.2) is 23.3 Å². The van der Waals surface area contributed by atoms with Gasteiger partial charge in [-0.3, -0.25) is 0 Å². The Balaban J connectivity index is 2.40. The summed E-state index contributed by atoms with van der Waals surface area (Å²) >= 11 is 0. The molecule has 0 fully saturated rings. The Morgan fingerprint density at radius 1 is 1.19 bits per heavy atom. The Bertz CT molecular complexity index is 711. The normalized spacial score (nSPS) is 10.8. The van der Waals surface area contributed by atoms with E-state index in [0.29, 0.717) is 22.7 Å². The van der Waals surface area contributed by atoms with Gasteiger partial charge in [-0.1, -0.05) is 12.1 Å². The predicted octanol–water partition coefficient (Wildman–Crippen LogP) is 3.82. The molecule has 0 spiro atoms. The number of benzene rings is 2. The van der Waals surface area contributed by atoms with Gasteiger partial charge in [0, 0.05) is 0 Å². The Kier molecular flexibility index (Phi) is 4.18. The summed E-state index contributed by atoms with van der Waals surface area (Å²) in [5, 5.41) is 26.8. The summed E-state index contributed by atoms with van der Waals surface area (Å²) in [7, 11) is 1.53. The lowest BCUT2D eigenvalue weighted by Gasteiger charge is -2.05. The molecule has 0 heterocycles. The summed E-state index contributed by atoms with van der Waals surface area (Å²) < 4.78 is 5.15. The second-order valence-electron chi connectivity index (χ2n) is 4.34. The van der Waals surface area contributed by atoms with Crippen LogP contribution in [-0.2, 0) is 0 Å². The molecule has 21 heavy (non-hydrogen) atoms. The highest BCUT2D eigenvalue weighted by atomic mass is 16.5. The minimum Gasteiger partial charge on any atom is -0.507 e. The van der Waals surface area contributed by atoms with E-state index in [2.05, 4.69) is 10.2 Å². The van der Waals surface area contributed by atoms with Crippen molar-refractivity contribution in [2.45, 2.75) is 6.92 Å². The van der Waals surface area contributed by atoms with Crippen molar-refractivity contribution in [3.8, 4) is 11.5 Å². The van der Waals surface area contributed by atoms with E-state index in [1.165, 1.54) is 13.2 Å².